The SMILES string of the molecule is CNCC1CCCN1c1cc2c(cc1[N+](=O)[O-])OCCO2. The molecule has 7 nitrogen and oxygen atoms in total. The first-order valence-corrected chi connectivity index (χ1v) is 7.20. The largest absolute Gasteiger partial charge is 0.486 e. The Hall–Kier alpha value is -2.02. The third-order valence-electron chi connectivity index (χ3n) is 3.96. The van der Waals surface area contributed by atoms with E-state index in [9.17, 15) is 10.1 Å². The second-order valence-electron chi connectivity index (χ2n) is 5.29. The van der Waals surface area contributed by atoms with Crippen LogP contribution in [0.1, 0.15) is 12.8 Å². The van der Waals surface area contributed by atoms with Crippen molar-refractivity contribution >= 4 is 11.4 Å². The number of ether oxygens (including phenoxy) is 2. The summed E-state index contributed by atoms with van der Waals surface area (Å²) in [5, 5.41) is 14.5. The third kappa shape index (κ3) is 2.61. The van der Waals surface area contributed by atoms with Crippen molar-refractivity contribution in [2.45, 2.75) is 18.9 Å². The van der Waals surface area contributed by atoms with E-state index < -0.39 is 0 Å². The van der Waals surface area contributed by atoms with Crippen LogP contribution in [0, 0.1) is 10.1 Å². The lowest BCUT2D eigenvalue weighted by molar-refractivity contribution is -0.384. The van der Waals surface area contributed by atoms with Gasteiger partial charge in [-0.15, -0.1) is 0 Å². The second-order valence-corrected chi connectivity index (χ2v) is 5.29. The summed E-state index contributed by atoms with van der Waals surface area (Å²) in [5.41, 5.74) is 0.712. The highest BCUT2D eigenvalue weighted by molar-refractivity contribution is 5.70. The molecule has 0 spiro atoms. The summed E-state index contributed by atoms with van der Waals surface area (Å²) < 4.78 is 11.0. The summed E-state index contributed by atoms with van der Waals surface area (Å²) in [6.07, 6.45) is 2.07. The monoisotopic (exact) mass is 293 g/mol. The molecule has 3 rings (SSSR count). The Morgan fingerprint density at radius 3 is 2.76 bits per heavy atom. The fourth-order valence-electron chi connectivity index (χ4n) is 3.04. The number of hydrogen-bond acceptors (Lipinski definition) is 6. The molecule has 1 atom stereocenters. The van der Waals surface area contributed by atoms with Crippen LogP contribution in [0.15, 0.2) is 12.1 Å². The molecular weight excluding hydrogens is 274 g/mol. The lowest BCUT2D eigenvalue weighted by Crippen LogP contribution is -2.37. The van der Waals surface area contributed by atoms with E-state index in [0.717, 1.165) is 25.9 Å². The van der Waals surface area contributed by atoms with Gasteiger partial charge in [-0.2, -0.15) is 0 Å². The molecule has 1 aromatic rings. The summed E-state index contributed by atoms with van der Waals surface area (Å²) in [6.45, 7) is 2.54. The summed E-state index contributed by atoms with van der Waals surface area (Å²) >= 11 is 0. The molecule has 0 aliphatic carbocycles. The molecule has 2 aliphatic rings. The van der Waals surface area contributed by atoms with Gasteiger partial charge in [-0.25, -0.2) is 0 Å². The van der Waals surface area contributed by atoms with Gasteiger partial charge >= 0.3 is 0 Å². The molecular formula is C14H19N3O4. The summed E-state index contributed by atoms with van der Waals surface area (Å²) in [6, 6.07) is 3.51. The Balaban J connectivity index is 2.01. The van der Waals surface area contributed by atoms with E-state index in [-0.39, 0.29) is 16.7 Å². The molecule has 1 aromatic carbocycles. The van der Waals surface area contributed by atoms with Crippen LogP contribution >= 0.6 is 0 Å². The van der Waals surface area contributed by atoms with Crippen molar-refractivity contribution in [1.82, 2.24) is 5.32 Å². The molecule has 0 bridgehead atoms. The minimum Gasteiger partial charge on any atom is -0.486 e. The number of hydrogen-bond donors (Lipinski definition) is 1. The van der Waals surface area contributed by atoms with E-state index >= 15 is 0 Å². The van der Waals surface area contributed by atoms with Gasteiger partial charge in [-0.3, -0.25) is 10.1 Å². The van der Waals surface area contributed by atoms with E-state index in [1.807, 2.05) is 7.05 Å². The molecule has 1 fully saturated rings. The predicted octanol–water partition coefficient (Wildman–Crippen LogP) is 1.55. The van der Waals surface area contributed by atoms with Gasteiger partial charge in [0, 0.05) is 25.2 Å². The Labute approximate surface area is 123 Å². The minimum atomic E-state index is -0.345. The lowest BCUT2D eigenvalue weighted by atomic mass is 10.1. The Bertz CT molecular complexity index is 549. The second kappa shape index (κ2) is 5.77. The Morgan fingerprint density at radius 1 is 1.38 bits per heavy atom. The summed E-state index contributed by atoms with van der Waals surface area (Å²) in [4.78, 5) is 13.2. The van der Waals surface area contributed by atoms with Crippen LogP contribution < -0.4 is 19.7 Å². The number of rotatable bonds is 4. The average Bonchev–Trinajstić information content (AvgIpc) is 2.94. The normalized spacial score (nSPS) is 20.6. The van der Waals surface area contributed by atoms with Crippen molar-refractivity contribution in [1.29, 1.82) is 0 Å². The molecule has 114 valence electrons. The molecule has 2 heterocycles. The van der Waals surface area contributed by atoms with Gasteiger partial charge < -0.3 is 19.7 Å². The van der Waals surface area contributed by atoms with Gasteiger partial charge in [0.15, 0.2) is 11.5 Å². The molecule has 1 unspecified atom stereocenters. The minimum absolute atomic E-state index is 0.0854. The molecule has 0 amide bonds. The average molecular weight is 293 g/mol. The van der Waals surface area contributed by atoms with E-state index in [0.29, 0.717) is 30.4 Å². The number of nitro groups is 1. The zero-order valence-corrected chi connectivity index (χ0v) is 12.0. The molecule has 0 radical (unpaired) electrons. The highest BCUT2D eigenvalue weighted by Crippen LogP contribution is 2.42. The van der Waals surface area contributed by atoms with Crippen LogP contribution in [0.2, 0.25) is 0 Å². The number of benzene rings is 1. The van der Waals surface area contributed by atoms with Gasteiger partial charge in [0.2, 0.25) is 0 Å². The van der Waals surface area contributed by atoms with E-state index in [1.165, 1.54) is 6.07 Å². The first kappa shape index (κ1) is 13.9. The zero-order chi connectivity index (χ0) is 14.8. The van der Waals surface area contributed by atoms with Crippen molar-refractivity contribution in [3.05, 3.63) is 22.2 Å². The van der Waals surface area contributed by atoms with Gasteiger partial charge in [0.1, 0.15) is 18.9 Å². The number of likely N-dealkylation sites (N-methyl/N-ethyl adjacent to an activating group) is 1. The molecule has 1 N–H and O–H groups in total. The quantitative estimate of drug-likeness (QED) is 0.670. The van der Waals surface area contributed by atoms with Gasteiger partial charge in [0.25, 0.3) is 5.69 Å². The van der Waals surface area contributed by atoms with Crippen LogP contribution in [0.25, 0.3) is 0 Å². The number of anilines is 1. The molecule has 2 aliphatic heterocycles. The number of fused-ring (bicyclic) bond motifs is 1. The maximum Gasteiger partial charge on any atom is 0.296 e. The first-order chi connectivity index (χ1) is 10.2. The molecule has 1 saturated heterocycles. The van der Waals surface area contributed by atoms with Crippen LogP contribution in [0.4, 0.5) is 11.4 Å². The number of nitro benzene ring substituents is 1. The number of nitrogens with one attached hydrogen (secondary N) is 1. The van der Waals surface area contributed by atoms with Crippen molar-refractivity contribution < 1.29 is 14.4 Å². The maximum atomic E-state index is 11.4. The van der Waals surface area contributed by atoms with Crippen molar-refractivity contribution in [3.8, 4) is 11.5 Å². The predicted molar refractivity (Wildman–Crippen MR) is 78.4 cm³/mol. The fraction of sp³-hybridized carbons (Fsp3) is 0.571. The van der Waals surface area contributed by atoms with E-state index in [2.05, 4.69) is 10.2 Å². The maximum absolute atomic E-state index is 11.4. The van der Waals surface area contributed by atoms with Gasteiger partial charge in [0.05, 0.1) is 11.0 Å². The van der Waals surface area contributed by atoms with E-state index in [1.54, 1.807) is 6.07 Å². The smallest absolute Gasteiger partial charge is 0.296 e. The zero-order valence-electron chi connectivity index (χ0n) is 12.0. The Morgan fingerprint density at radius 2 is 2.10 bits per heavy atom. The van der Waals surface area contributed by atoms with E-state index in [4.69, 9.17) is 9.47 Å². The molecule has 0 aromatic heterocycles. The van der Waals surface area contributed by atoms with Crippen molar-refractivity contribution in [2.75, 3.05) is 38.3 Å². The number of nitrogens with zero attached hydrogens (tertiary/aromatic N) is 2. The summed E-state index contributed by atoms with van der Waals surface area (Å²) in [5.74, 6) is 1.05. The highest BCUT2D eigenvalue weighted by atomic mass is 16.6. The van der Waals surface area contributed by atoms with Crippen molar-refractivity contribution in [2.24, 2.45) is 0 Å². The van der Waals surface area contributed by atoms with Gasteiger partial charge in [-0.1, -0.05) is 0 Å². The van der Waals surface area contributed by atoms with Crippen molar-refractivity contribution in [3.63, 3.8) is 0 Å². The Kier molecular flexibility index (Phi) is 3.83. The highest BCUT2D eigenvalue weighted by Gasteiger charge is 2.31. The molecule has 21 heavy (non-hydrogen) atoms. The fourth-order valence-corrected chi connectivity index (χ4v) is 3.04. The first-order valence-electron chi connectivity index (χ1n) is 7.20. The van der Waals surface area contributed by atoms with Crippen LogP contribution in [0.3, 0.4) is 0 Å². The molecule has 7 heteroatoms. The topological polar surface area (TPSA) is 76.9 Å². The summed E-state index contributed by atoms with van der Waals surface area (Å²) in [7, 11) is 1.90. The van der Waals surface area contributed by atoms with Crippen LogP contribution in [0.5, 0.6) is 11.5 Å². The third-order valence-corrected chi connectivity index (χ3v) is 3.96. The lowest BCUT2D eigenvalue weighted by Gasteiger charge is -2.28. The van der Waals surface area contributed by atoms with Gasteiger partial charge in [-0.05, 0) is 19.9 Å². The van der Waals surface area contributed by atoms with Crippen LogP contribution in [-0.4, -0.2) is 44.3 Å². The standard InChI is InChI=1S/C14H19N3O4/c1-15-9-10-3-2-4-16(10)11-7-13-14(21-6-5-20-13)8-12(11)17(18)19/h7-8,10,15H,2-6,9H2,1H3. The molecule has 0 saturated carbocycles. The van der Waals surface area contributed by atoms with Crippen LogP contribution in [-0.2, 0) is 0 Å².